The van der Waals surface area contributed by atoms with E-state index in [9.17, 15) is 14.4 Å². The molecule has 1 aromatic rings. The zero-order valence-electron chi connectivity index (χ0n) is 16.0. The van der Waals surface area contributed by atoms with E-state index in [-0.39, 0.29) is 30.8 Å². The fraction of sp³-hybridized carbons (Fsp3) is 0.526. The summed E-state index contributed by atoms with van der Waals surface area (Å²) in [6, 6.07) is 5.87. The highest BCUT2D eigenvalue weighted by atomic mass is 16.2. The Labute approximate surface area is 154 Å². The molecule has 3 amide bonds. The molecule has 0 bridgehead atoms. The smallest absolute Gasteiger partial charge is 0.238 e. The first-order valence-corrected chi connectivity index (χ1v) is 8.86. The van der Waals surface area contributed by atoms with E-state index in [2.05, 4.69) is 5.32 Å². The summed E-state index contributed by atoms with van der Waals surface area (Å²) in [5.41, 5.74) is 2.86. The molecule has 1 heterocycles. The highest BCUT2D eigenvalue weighted by Crippen LogP contribution is 2.19. The molecule has 2 rings (SSSR count). The number of carbonyl (C=O) groups is 3. The first-order chi connectivity index (χ1) is 12.3. The van der Waals surface area contributed by atoms with Crippen LogP contribution in [0.25, 0.3) is 0 Å². The number of benzene rings is 1. The first kappa shape index (κ1) is 19.9. The second-order valence-electron chi connectivity index (χ2n) is 6.87. The lowest BCUT2D eigenvalue weighted by Crippen LogP contribution is -2.52. The average molecular weight is 360 g/mol. The second kappa shape index (κ2) is 8.80. The molecule has 1 fully saturated rings. The predicted molar refractivity (Wildman–Crippen MR) is 101 cm³/mol. The number of aryl methyl sites for hydroxylation is 2. The van der Waals surface area contributed by atoms with Gasteiger partial charge in [-0.1, -0.05) is 18.2 Å². The molecule has 0 spiro atoms. The second-order valence-corrected chi connectivity index (χ2v) is 6.87. The molecule has 142 valence electrons. The number of hydrogen-bond donors (Lipinski definition) is 1. The number of anilines is 1. The maximum atomic E-state index is 12.4. The summed E-state index contributed by atoms with van der Waals surface area (Å²) in [4.78, 5) is 41.2. The van der Waals surface area contributed by atoms with Crippen LogP contribution >= 0.6 is 0 Å². The van der Waals surface area contributed by atoms with Crippen molar-refractivity contribution in [1.29, 1.82) is 0 Å². The van der Waals surface area contributed by atoms with Crippen molar-refractivity contribution in [2.45, 2.75) is 20.8 Å². The van der Waals surface area contributed by atoms with Crippen LogP contribution in [0.1, 0.15) is 18.1 Å². The van der Waals surface area contributed by atoms with Crippen molar-refractivity contribution in [3.63, 3.8) is 0 Å². The van der Waals surface area contributed by atoms with Gasteiger partial charge < -0.3 is 15.1 Å². The molecule has 0 aliphatic carbocycles. The minimum absolute atomic E-state index is 0.0180. The number of piperazine rings is 1. The van der Waals surface area contributed by atoms with Gasteiger partial charge in [0.15, 0.2) is 0 Å². The van der Waals surface area contributed by atoms with Gasteiger partial charge in [-0.2, -0.15) is 0 Å². The Hall–Kier alpha value is -2.41. The number of carbonyl (C=O) groups excluding carboxylic acids is 3. The Kier molecular flexibility index (Phi) is 6.74. The van der Waals surface area contributed by atoms with Crippen LogP contribution in [-0.2, 0) is 14.4 Å². The average Bonchev–Trinajstić information content (AvgIpc) is 2.58. The van der Waals surface area contributed by atoms with Crippen LogP contribution in [0.3, 0.4) is 0 Å². The van der Waals surface area contributed by atoms with E-state index < -0.39 is 0 Å². The van der Waals surface area contributed by atoms with Crippen molar-refractivity contribution in [2.75, 3.05) is 51.6 Å². The van der Waals surface area contributed by atoms with Gasteiger partial charge in [0, 0.05) is 38.8 Å². The summed E-state index contributed by atoms with van der Waals surface area (Å²) >= 11 is 0. The number of rotatable bonds is 5. The van der Waals surface area contributed by atoms with Gasteiger partial charge in [-0.3, -0.25) is 19.3 Å². The lowest BCUT2D eigenvalue weighted by molar-refractivity contribution is -0.139. The molecule has 0 saturated carbocycles. The largest absolute Gasteiger partial charge is 0.339 e. The Morgan fingerprint density at radius 3 is 2.08 bits per heavy atom. The molecule has 0 unspecified atom stereocenters. The lowest BCUT2D eigenvalue weighted by Gasteiger charge is -2.35. The summed E-state index contributed by atoms with van der Waals surface area (Å²) < 4.78 is 0. The molecule has 7 heteroatoms. The van der Waals surface area contributed by atoms with E-state index in [1.807, 2.05) is 32.0 Å². The fourth-order valence-corrected chi connectivity index (χ4v) is 3.09. The highest BCUT2D eigenvalue weighted by Gasteiger charge is 2.23. The van der Waals surface area contributed by atoms with E-state index in [4.69, 9.17) is 0 Å². The number of amides is 3. The van der Waals surface area contributed by atoms with E-state index in [1.165, 1.54) is 0 Å². The van der Waals surface area contributed by atoms with Crippen molar-refractivity contribution >= 4 is 23.4 Å². The standard InChI is InChI=1S/C19H28N4O3/c1-14-6-5-7-15(2)19(14)20-17(25)12-21(4)13-18(26)23-10-8-22(9-11-23)16(3)24/h5-7H,8-13H2,1-4H3,(H,20,25). The van der Waals surface area contributed by atoms with Crippen LogP contribution in [-0.4, -0.2) is 78.7 Å². The third-order valence-corrected chi connectivity index (χ3v) is 4.64. The fourth-order valence-electron chi connectivity index (χ4n) is 3.09. The molecule has 0 aromatic heterocycles. The molecule has 1 N–H and O–H groups in total. The van der Waals surface area contributed by atoms with Crippen LogP contribution in [0.5, 0.6) is 0 Å². The highest BCUT2D eigenvalue weighted by molar-refractivity contribution is 5.94. The third kappa shape index (κ3) is 5.29. The maximum absolute atomic E-state index is 12.4. The molecular weight excluding hydrogens is 332 g/mol. The minimum atomic E-state index is -0.140. The SMILES string of the molecule is CC(=O)N1CCN(C(=O)CN(C)CC(=O)Nc2c(C)cccc2C)CC1. The molecule has 0 atom stereocenters. The van der Waals surface area contributed by atoms with Crippen molar-refractivity contribution in [3.05, 3.63) is 29.3 Å². The van der Waals surface area contributed by atoms with Gasteiger partial charge in [-0.15, -0.1) is 0 Å². The monoisotopic (exact) mass is 360 g/mol. The quantitative estimate of drug-likeness (QED) is 0.845. The number of nitrogens with one attached hydrogen (secondary N) is 1. The molecule has 1 aliphatic heterocycles. The zero-order valence-corrected chi connectivity index (χ0v) is 16.0. The normalized spacial score (nSPS) is 14.5. The topological polar surface area (TPSA) is 73.0 Å². The minimum Gasteiger partial charge on any atom is -0.339 e. The Balaban J connectivity index is 1.81. The van der Waals surface area contributed by atoms with Crippen LogP contribution in [0.4, 0.5) is 5.69 Å². The van der Waals surface area contributed by atoms with Gasteiger partial charge in [-0.05, 0) is 32.0 Å². The number of nitrogens with zero attached hydrogens (tertiary/aromatic N) is 3. The first-order valence-electron chi connectivity index (χ1n) is 8.86. The summed E-state index contributed by atoms with van der Waals surface area (Å²) in [6.07, 6.45) is 0. The van der Waals surface area contributed by atoms with Crippen molar-refractivity contribution in [1.82, 2.24) is 14.7 Å². The van der Waals surface area contributed by atoms with Gasteiger partial charge in [-0.25, -0.2) is 0 Å². The molecule has 0 radical (unpaired) electrons. The Morgan fingerprint density at radius 2 is 1.54 bits per heavy atom. The van der Waals surface area contributed by atoms with E-state index in [0.29, 0.717) is 26.2 Å². The molecule has 1 aromatic carbocycles. The van der Waals surface area contributed by atoms with Crippen LogP contribution in [0, 0.1) is 13.8 Å². The van der Waals surface area contributed by atoms with Crippen molar-refractivity contribution in [2.24, 2.45) is 0 Å². The summed E-state index contributed by atoms with van der Waals surface area (Å²) in [7, 11) is 1.76. The molecule has 1 aliphatic rings. The zero-order chi connectivity index (χ0) is 19.3. The van der Waals surface area contributed by atoms with Gasteiger partial charge in [0.05, 0.1) is 13.1 Å². The van der Waals surface area contributed by atoms with Crippen LogP contribution in [0.2, 0.25) is 0 Å². The number of likely N-dealkylation sites (N-methyl/N-ethyl adjacent to an activating group) is 1. The van der Waals surface area contributed by atoms with E-state index in [0.717, 1.165) is 16.8 Å². The molecule has 26 heavy (non-hydrogen) atoms. The lowest BCUT2D eigenvalue weighted by atomic mass is 10.1. The number of para-hydroxylation sites is 1. The summed E-state index contributed by atoms with van der Waals surface area (Å²) in [5.74, 6) is -0.118. The van der Waals surface area contributed by atoms with Gasteiger partial charge >= 0.3 is 0 Å². The van der Waals surface area contributed by atoms with Gasteiger partial charge in [0.25, 0.3) is 0 Å². The van der Waals surface area contributed by atoms with Crippen molar-refractivity contribution < 1.29 is 14.4 Å². The molecule has 1 saturated heterocycles. The van der Waals surface area contributed by atoms with Crippen molar-refractivity contribution in [3.8, 4) is 0 Å². The Bertz CT molecular complexity index is 661. The Morgan fingerprint density at radius 1 is 1.00 bits per heavy atom. The van der Waals surface area contributed by atoms with Gasteiger partial charge in [0.2, 0.25) is 17.7 Å². The number of hydrogen-bond acceptors (Lipinski definition) is 4. The third-order valence-electron chi connectivity index (χ3n) is 4.64. The van der Waals surface area contributed by atoms with E-state index >= 15 is 0 Å². The van der Waals surface area contributed by atoms with Crippen LogP contribution in [0.15, 0.2) is 18.2 Å². The van der Waals surface area contributed by atoms with Crippen LogP contribution < -0.4 is 5.32 Å². The predicted octanol–water partition coefficient (Wildman–Crippen LogP) is 0.864. The maximum Gasteiger partial charge on any atom is 0.238 e. The van der Waals surface area contributed by atoms with E-state index in [1.54, 1.807) is 28.7 Å². The summed E-state index contributed by atoms with van der Waals surface area (Å²) in [5, 5.41) is 2.93. The molecule has 7 nitrogen and oxygen atoms in total. The molecular formula is C19H28N4O3. The summed E-state index contributed by atoms with van der Waals surface area (Å²) in [6.45, 7) is 8.00. The van der Waals surface area contributed by atoms with Gasteiger partial charge in [0.1, 0.15) is 0 Å².